The minimum absolute atomic E-state index is 0.226. The van der Waals surface area contributed by atoms with Crippen molar-refractivity contribution >= 4 is 34.2 Å². The molecule has 4 nitrogen and oxygen atoms in total. The summed E-state index contributed by atoms with van der Waals surface area (Å²) in [7, 11) is 1.59. The van der Waals surface area contributed by atoms with Gasteiger partial charge < -0.3 is 4.74 Å². The standard InChI is InChI=1S/C5H11ClIN3O/c1-11-5-4(6)9-2-3(7)10(5)8/h3-5,9H,2,8H2,1H3. The number of hydrazine groups is 1. The number of nitrogens with one attached hydrogen (secondary N) is 1. The van der Waals surface area contributed by atoms with Gasteiger partial charge in [0.05, 0.1) is 4.05 Å². The van der Waals surface area contributed by atoms with Crippen molar-refractivity contribution in [1.82, 2.24) is 10.3 Å². The second kappa shape index (κ2) is 4.20. The van der Waals surface area contributed by atoms with Crippen LogP contribution in [0.2, 0.25) is 0 Å². The fourth-order valence-corrected chi connectivity index (χ4v) is 1.86. The highest BCUT2D eigenvalue weighted by atomic mass is 127. The predicted octanol–water partition coefficient (Wildman–Crippen LogP) is 0.0638. The van der Waals surface area contributed by atoms with Crippen molar-refractivity contribution in [1.29, 1.82) is 0 Å². The van der Waals surface area contributed by atoms with Gasteiger partial charge in [-0.25, -0.2) is 5.01 Å². The molecule has 3 N–H and O–H groups in total. The number of hydrogen-bond donors (Lipinski definition) is 2. The Morgan fingerprint density at radius 3 is 2.91 bits per heavy atom. The lowest BCUT2D eigenvalue weighted by Gasteiger charge is -2.38. The molecule has 1 aliphatic rings. The Bertz CT molecular complexity index is 139. The van der Waals surface area contributed by atoms with Crippen LogP contribution in [0.4, 0.5) is 0 Å². The highest BCUT2D eigenvalue weighted by molar-refractivity contribution is 14.1. The van der Waals surface area contributed by atoms with Gasteiger partial charge in [0.25, 0.3) is 0 Å². The summed E-state index contributed by atoms with van der Waals surface area (Å²) in [5, 5.41) is 4.69. The van der Waals surface area contributed by atoms with Crippen LogP contribution in [-0.4, -0.2) is 34.4 Å². The lowest BCUT2D eigenvalue weighted by Crippen LogP contribution is -2.62. The van der Waals surface area contributed by atoms with E-state index in [-0.39, 0.29) is 15.8 Å². The summed E-state index contributed by atoms with van der Waals surface area (Å²) in [5.74, 6) is 5.70. The van der Waals surface area contributed by atoms with Crippen LogP contribution in [0.3, 0.4) is 0 Å². The maximum Gasteiger partial charge on any atom is 0.152 e. The molecule has 3 atom stereocenters. The molecule has 0 bridgehead atoms. The summed E-state index contributed by atoms with van der Waals surface area (Å²) in [6, 6.07) is 0. The van der Waals surface area contributed by atoms with E-state index < -0.39 is 0 Å². The van der Waals surface area contributed by atoms with Gasteiger partial charge in [-0.2, -0.15) is 0 Å². The molecule has 3 unspecified atom stereocenters. The summed E-state index contributed by atoms with van der Waals surface area (Å²) in [6.45, 7) is 0.783. The van der Waals surface area contributed by atoms with E-state index in [9.17, 15) is 0 Å². The van der Waals surface area contributed by atoms with Crippen molar-refractivity contribution in [2.45, 2.75) is 15.8 Å². The third-order valence-corrected chi connectivity index (χ3v) is 3.04. The molecular formula is C5H11ClIN3O. The zero-order valence-corrected chi connectivity index (χ0v) is 9.04. The van der Waals surface area contributed by atoms with E-state index in [1.807, 2.05) is 0 Å². The zero-order chi connectivity index (χ0) is 8.43. The van der Waals surface area contributed by atoms with E-state index in [2.05, 4.69) is 27.9 Å². The van der Waals surface area contributed by atoms with Crippen LogP contribution in [0, 0.1) is 0 Å². The van der Waals surface area contributed by atoms with Crippen LogP contribution in [0.5, 0.6) is 0 Å². The van der Waals surface area contributed by atoms with E-state index in [0.717, 1.165) is 6.54 Å². The maximum absolute atomic E-state index is 5.88. The third kappa shape index (κ3) is 2.16. The van der Waals surface area contributed by atoms with Crippen LogP contribution in [-0.2, 0) is 4.74 Å². The number of nitrogens with zero attached hydrogens (tertiary/aromatic N) is 1. The number of ether oxygens (including phenoxy) is 1. The van der Waals surface area contributed by atoms with Crippen molar-refractivity contribution in [2.24, 2.45) is 5.84 Å². The van der Waals surface area contributed by atoms with Crippen molar-refractivity contribution in [3.05, 3.63) is 0 Å². The molecule has 0 aromatic heterocycles. The number of hydrogen-bond acceptors (Lipinski definition) is 4. The number of halogens is 2. The fourth-order valence-electron chi connectivity index (χ4n) is 0.968. The molecule has 11 heavy (non-hydrogen) atoms. The summed E-state index contributed by atoms with van der Waals surface area (Å²) >= 11 is 8.11. The minimum atomic E-state index is -0.243. The first kappa shape index (κ1) is 9.94. The van der Waals surface area contributed by atoms with Crippen molar-refractivity contribution in [3.8, 4) is 0 Å². The average Bonchev–Trinajstić information content (AvgIpc) is 1.99. The average molecular weight is 292 g/mol. The first-order valence-corrected chi connectivity index (χ1v) is 4.92. The topological polar surface area (TPSA) is 50.5 Å². The van der Waals surface area contributed by atoms with Gasteiger partial charge in [-0.3, -0.25) is 11.2 Å². The van der Waals surface area contributed by atoms with E-state index in [1.54, 1.807) is 12.1 Å². The minimum Gasteiger partial charge on any atom is -0.362 e. The molecule has 1 rings (SSSR count). The highest BCUT2D eigenvalue weighted by Gasteiger charge is 2.32. The number of piperazine rings is 1. The zero-order valence-electron chi connectivity index (χ0n) is 6.13. The molecule has 6 heteroatoms. The van der Waals surface area contributed by atoms with Gasteiger partial charge in [-0.15, -0.1) is 11.6 Å². The first-order chi connectivity index (χ1) is 5.16. The maximum atomic E-state index is 5.88. The summed E-state index contributed by atoms with van der Waals surface area (Å²) < 4.78 is 5.32. The van der Waals surface area contributed by atoms with Gasteiger partial charge in [-0.05, 0) is 0 Å². The molecule has 0 aromatic rings. The van der Waals surface area contributed by atoms with Crippen LogP contribution in [0.15, 0.2) is 0 Å². The monoisotopic (exact) mass is 291 g/mol. The Morgan fingerprint density at radius 2 is 2.45 bits per heavy atom. The fraction of sp³-hybridized carbons (Fsp3) is 1.00. The van der Waals surface area contributed by atoms with Gasteiger partial charge in [0, 0.05) is 13.7 Å². The van der Waals surface area contributed by atoms with E-state index in [0.29, 0.717) is 0 Å². The Kier molecular flexibility index (Phi) is 3.79. The Labute approximate surface area is 84.5 Å². The quantitative estimate of drug-likeness (QED) is 0.311. The smallest absolute Gasteiger partial charge is 0.152 e. The van der Waals surface area contributed by atoms with Crippen LogP contribution in [0.25, 0.3) is 0 Å². The third-order valence-electron chi connectivity index (χ3n) is 1.59. The van der Waals surface area contributed by atoms with Crippen LogP contribution in [0.1, 0.15) is 0 Å². The van der Waals surface area contributed by atoms with Crippen molar-refractivity contribution in [2.75, 3.05) is 13.7 Å². The van der Waals surface area contributed by atoms with Gasteiger partial charge in [0.1, 0.15) is 5.50 Å². The Balaban J connectivity index is 2.55. The molecule has 0 spiro atoms. The molecule has 66 valence electrons. The molecule has 0 amide bonds. The van der Waals surface area contributed by atoms with E-state index in [1.165, 1.54) is 0 Å². The largest absolute Gasteiger partial charge is 0.362 e. The lowest BCUT2D eigenvalue weighted by molar-refractivity contribution is -0.0606. The summed E-state index contributed by atoms with van der Waals surface area (Å²) in [5.41, 5.74) is -0.226. The molecule has 1 fully saturated rings. The van der Waals surface area contributed by atoms with Gasteiger partial charge in [0.15, 0.2) is 6.23 Å². The number of nitrogens with two attached hydrogens (primary N) is 1. The summed E-state index contributed by atoms with van der Waals surface area (Å²) in [4.78, 5) is 0. The molecule has 0 aromatic carbocycles. The molecule has 0 radical (unpaired) electrons. The lowest BCUT2D eigenvalue weighted by atomic mass is 10.4. The van der Waals surface area contributed by atoms with Gasteiger partial charge >= 0.3 is 0 Å². The molecule has 1 heterocycles. The SMILES string of the molecule is COC1C(Cl)NCC(I)N1N. The van der Waals surface area contributed by atoms with Crippen molar-refractivity contribution < 1.29 is 4.74 Å². The van der Waals surface area contributed by atoms with Crippen molar-refractivity contribution in [3.63, 3.8) is 0 Å². The number of methoxy groups -OCH3 is 1. The van der Waals surface area contributed by atoms with Crippen LogP contribution < -0.4 is 11.2 Å². The second-order valence-electron chi connectivity index (χ2n) is 2.32. The number of rotatable bonds is 1. The molecule has 0 aliphatic carbocycles. The molecule has 0 saturated carbocycles. The Hall–Kier alpha value is 0.860. The first-order valence-electron chi connectivity index (χ1n) is 3.24. The van der Waals surface area contributed by atoms with Gasteiger partial charge in [0.2, 0.25) is 0 Å². The van der Waals surface area contributed by atoms with Crippen LogP contribution >= 0.6 is 34.2 Å². The molecule has 1 saturated heterocycles. The van der Waals surface area contributed by atoms with Gasteiger partial charge in [-0.1, -0.05) is 22.6 Å². The Morgan fingerprint density at radius 1 is 1.82 bits per heavy atom. The molecular weight excluding hydrogens is 280 g/mol. The molecule has 1 aliphatic heterocycles. The number of alkyl halides is 2. The highest BCUT2D eigenvalue weighted by Crippen LogP contribution is 2.17. The predicted molar refractivity (Wildman–Crippen MR) is 52.3 cm³/mol. The van der Waals surface area contributed by atoms with E-state index in [4.69, 9.17) is 22.2 Å². The summed E-state index contributed by atoms with van der Waals surface area (Å²) in [6.07, 6.45) is -0.243. The second-order valence-corrected chi connectivity index (χ2v) is 4.23. The van der Waals surface area contributed by atoms with E-state index >= 15 is 0 Å². The normalized spacial score (nSPS) is 40.9.